The number of hydrogen-bond acceptors (Lipinski definition) is 6. The van der Waals surface area contributed by atoms with Gasteiger partial charge in [0.15, 0.2) is 0 Å². The van der Waals surface area contributed by atoms with E-state index in [9.17, 15) is 9.59 Å². The normalized spacial score (nSPS) is 10.6. The fourth-order valence-corrected chi connectivity index (χ4v) is 2.99. The number of rotatable bonds is 5. The van der Waals surface area contributed by atoms with Crippen molar-refractivity contribution in [2.75, 3.05) is 17.7 Å². The topological polar surface area (TPSA) is 133 Å². The minimum absolute atomic E-state index is 0.0293. The number of carbonyl (C=O) groups excluding carboxylic acids is 2. The Balaban J connectivity index is 2.42. The fourth-order valence-electron chi connectivity index (χ4n) is 1.95. The third kappa shape index (κ3) is 2.68. The van der Waals surface area contributed by atoms with E-state index in [0.717, 1.165) is 17.2 Å². The third-order valence-electron chi connectivity index (χ3n) is 3.04. The van der Waals surface area contributed by atoms with Crippen LogP contribution in [-0.2, 0) is 13.6 Å². The lowest BCUT2D eigenvalue weighted by Gasteiger charge is -2.18. The monoisotopic (exact) mass is 308 g/mol. The van der Waals surface area contributed by atoms with Crippen molar-refractivity contribution in [1.82, 2.24) is 9.55 Å². The van der Waals surface area contributed by atoms with Crippen molar-refractivity contribution in [2.24, 2.45) is 18.5 Å². The number of aromatic nitrogens is 2. The minimum Gasteiger partial charge on any atom is -0.397 e. The molecular weight excluding hydrogens is 292 g/mol. The van der Waals surface area contributed by atoms with Crippen LogP contribution >= 0.6 is 11.3 Å². The van der Waals surface area contributed by atoms with Crippen molar-refractivity contribution in [3.8, 4) is 0 Å². The van der Waals surface area contributed by atoms with Crippen LogP contribution < -0.4 is 22.1 Å². The van der Waals surface area contributed by atoms with Gasteiger partial charge in [-0.15, -0.1) is 11.3 Å². The molecule has 0 unspecified atom stereocenters. The zero-order valence-corrected chi connectivity index (χ0v) is 12.5. The second kappa shape index (κ2) is 5.44. The van der Waals surface area contributed by atoms with Gasteiger partial charge in [-0.2, -0.15) is 0 Å². The molecule has 2 heterocycles. The van der Waals surface area contributed by atoms with Crippen LogP contribution in [0.1, 0.15) is 25.9 Å². The second-order valence-electron chi connectivity index (χ2n) is 4.56. The predicted octanol–water partition coefficient (Wildman–Crippen LogP) is -0.102. The number of amides is 2. The molecule has 0 aliphatic carbocycles. The largest absolute Gasteiger partial charge is 0.397 e. The first kappa shape index (κ1) is 14.9. The maximum atomic E-state index is 11.6. The fraction of sp³-hybridized carbons (Fsp3) is 0.250. The number of primary amides is 2. The Labute approximate surface area is 125 Å². The zero-order chi connectivity index (χ0) is 15.7. The predicted molar refractivity (Wildman–Crippen MR) is 81.1 cm³/mol. The summed E-state index contributed by atoms with van der Waals surface area (Å²) in [4.78, 5) is 29.1. The first-order valence-corrected chi connectivity index (χ1v) is 6.83. The van der Waals surface area contributed by atoms with E-state index >= 15 is 0 Å². The average molecular weight is 308 g/mol. The molecule has 9 heteroatoms. The maximum absolute atomic E-state index is 11.6. The van der Waals surface area contributed by atoms with Gasteiger partial charge in [0.05, 0.1) is 17.8 Å². The van der Waals surface area contributed by atoms with Crippen molar-refractivity contribution in [3.05, 3.63) is 28.7 Å². The van der Waals surface area contributed by atoms with E-state index in [4.69, 9.17) is 17.2 Å². The van der Waals surface area contributed by atoms with Crippen molar-refractivity contribution in [3.63, 3.8) is 0 Å². The highest BCUT2D eigenvalue weighted by molar-refractivity contribution is 7.19. The average Bonchev–Trinajstić information content (AvgIpc) is 2.93. The zero-order valence-electron chi connectivity index (χ0n) is 11.7. The lowest BCUT2D eigenvalue weighted by Crippen LogP contribution is -2.22. The first-order chi connectivity index (χ1) is 9.82. The molecule has 0 aliphatic rings. The van der Waals surface area contributed by atoms with Gasteiger partial charge in [-0.25, -0.2) is 4.98 Å². The van der Waals surface area contributed by atoms with E-state index in [-0.39, 0.29) is 16.1 Å². The van der Waals surface area contributed by atoms with Gasteiger partial charge in [0.1, 0.15) is 15.7 Å². The molecule has 0 radical (unpaired) electrons. The number of hydrogen-bond donors (Lipinski definition) is 3. The van der Waals surface area contributed by atoms with Crippen molar-refractivity contribution >= 4 is 33.8 Å². The smallest absolute Gasteiger partial charge is 0.260 e. The molecule has 2 rings (SSSR count). The van der Waals surface area contributed by atoms with Gasteiger partial charge >= 0.3 is 0 Å². The molecule has 2 aromatic rings. The molecule has 0 fully saturated rings. The number of aryl methyl sites for hydroxylation is 1. The standard InChI is InChI=1S/C12H16N6O2S/c1-17-4-3-16-6(17)5-18(2)12-7(10(14)19)8(13)9(21-12)11(15)20/h3-4H,5,13H2,1-2H3,(H2,14,19)(H2,15,20). The van der Waals surface area contributed by atoms with Gasteiger partial charge in [0.2, 0.25) is 0 Å². The molecule has 112 valence electrons. The second-order valence-corrected chi connectivity index (χ2v) is 5.56. The summed E-state index contributed by atoms with van der Waals surface area (Å²) in [5.41, 5.74) is 16.6. The highest BCUT2D eigenvalue weighted by Gasteiger charge is 2.25. The van der Waals surface area contributed by atoms with Gasteiger partial charge in [-0.1, -0.05) is 0 Å². The number of carbonyl (C=O) groups is 2. The van der Waals surface area contributed by atoms with Crippen LogP contribution in [0.3, 0.4) is 0 Å². The molecule has 0 atom stereocenters. The van der Waals surface area contributed by atoms with Crippen LogP contribution in [0, 0.1) is 0 Å². The molecule has 6 N–H and O–H groups in total. The number of nitrogens with two attached hydrogens (primary N) is 3. The number of nitrogen functional groups attached to an aromatic ring is 1. The number of imidazole rings is 1. The van der Waals surface area contributed by atoms with Crippen molar-refractivity contribution < 1.29 is 9.59 Å². The van der Waals surface area contributed by atoms with Crippen LogP contribution in [0.15, 0.2) is 12.4 Å². The van der Waals surface area contributed by atoms with Gasteiger partial charge < -0.3 is 26.7 Å². The van der Waals surface area contributed by atoms with E-state index in [1.54, 1.807) is 18.1 Å². The van der Waals surface area contributed by atoms with Crippen LogP contribution in [0.25, 0.3) is 0 Å². The summed E-state index contributed by atoms with van der Waals surface area (Å²) in [6.45, 7) is 0.432. The Morgan fingerprint density at radius 2 is 2.05 bits per heavy atom. The lowest BCUT2D eigenvalue weighted by atomic mass is 10.2. The number of nitrogens with zero attached hydrogens (tertiary/aromatic N) is 3. The van der Waals surface area contributed by atoms with Gasteiger partial charge in [-0.05, 0) is 0 Å². The van der Waals surface area contributed by atoms with E-state index < -0.39 is 11.8 Å². The van der Waals surface area contributed by atoms with E-state index in [0.29, 0.717) is 11.5 Å². The summed E-state index contributed by atoms with van der Waals surface area (Å²) in [6, 6.07) is 0. The molecule has 8 nitrogen and oxygen atoms in total. The van der Waals surface area contributed by atoms with Gasteiger partial charge in [-0.3, -0.25) is 9.59 Å². The summed E-state index contributed by atoms with van der Waals surface area (Å²) >= 11 is 1.05. The molecule has 0 aromatic carbocycles. The van der Waals surface area contributed by atoms with Crippen LogP contribution in [0.5, 0.6) is 0 Å². The summed E-state index contributed by atoms with van der Waals surface area (Å²) < 4.78 is 1.85. The van der Waals surface area contributed by atoms with Gasteiger partial charge in [0, 0.05) is 26.5 Å². The Kier molecular flexibility index (Phi) is 3.85. The lowest BCUT2D eigenvalue weighted by molar-refractivity contribution is 0.0999. The quantitative estimate of drug-likeness (QED) is 0.709. The van der Waals surface area contributed by atoms with Crippen LogP contribution in [-0.4, -0.2) is 28.4 Å². The maximum Gasteiger partial charge on any atom is 0.260 e. The van der Waals surface area contributed by atoms with Crippen LogP contribution in [0.4, 0.5) is 10.7 Å². The summed E-state index contributed by atoms with van der Waals surface area (Å²) in [7, 11) is 3.62. The Bertz CT molecular complexity index is 705. The molecule has 0 saturated carbocycles. The highest BCUT2D eigenvalue weighted by Crippen LogP contribution is 2.37. The molecule has 0 bridgehead atoms. The van der Waals surface area contributed by atoms with Crippen molar-refractivity contribution in [1.29, 1.82) is 0 Å². The van der Waals surface area contributed by atoms with Crippen molar-refractivity contribution in [2.45, 2.75) is 6.54 Å². The molecule has 21 heavy (non-hydrogen) atoms. The third-order valence-corrected chi connectivity index (χ3v) is 4.38. The van der Waals surface area contributed by atoms with E-state index in [1.807, 2.05) is 17.8 Å². The molecule has 0 spiro atoms. The number of thiophene rings is 1. The molecule has 0 aliphatic heterocycles. The molecular formula is C12H16N6O2S. The Morgan fingerprint density at radius 1 is 1.38 bits per heavy atom. The van der Waals surface area contributed by atoms with Crippen LogP contribution in [0.2, 0.25) is 0 Å². The highest BCUT2D eigenvalue weighted by atomic mass is 32.1. The molecule has 2 aromatic heterocycles. The first-order valence-electron chi connectivity index (χ1n) is 6.02. The Morgan fingerprint density at radius 3 is 2.52 bits per heavy atom. The summed E-state index contributed by atoms with van der Waals surface area (Å²) in [6.07, 6.45) is 3.49. The molecule has 0 saturated heterocycles. The Hall–Kier alpha value is -2.55. The van der Waals surface area contributed by atoms with E-state index in [2.05, 4.69) is 4.98 Å². The number of anilines is 2. The minimum atomic E-state index is -0.696. The summed E-state index contributed by atoms with van der Waals surface area (Å²) in [5.74, 6) is -0.588. The van der Waals surface area contributed by atoms with Gasteiger partial charge in [0.25, 0.3) is 11.8 Å². The SMILES string of the molecule is CN(Cc1nccn1C)c1sc(C(N)=O)c(N)c1C(N)=O. The summed E-state index contributed by atoms with van der Waals surface area (Å²) in [5, 5.41) is 0.497. The molecule has 2 amide bonds. The van der Waals surface area contributed by atoms with E-state index in [1.165, 1.54) is 0 Å².